The predicted molar refractivity (Wildman–Crippen MR) is 108 cm³/mol. The van der Waals surface area contributed by atoms with Crippen molar-refractivity contribution in [2.75, 3.05) is 19.7 Å². The van der Waals surface area contributed by atoms with Gasteiger partial charge in [0.15, 0.2) is 5.96 Å². The number of nitrogens with two attached hydrogens (primary N) is 1. The zero-order chi connectivity index (χ0) is 19.8. The lowest BCUT2D eigenvalue weighted by molar-refractivity contribution is 0.0963. The topological polar surface area (TPSA) is 97.8 Å². The van der Waals surface area contributed by atoms with Gasteiger partial charge in [0, 0.05) is 31.5 Å². The maximum absolute atomic E-state index is 11.8. The van der Waals surface area contributed by atoms with Gasteiger partial charge in [0.1, 0.15) is 0 Å². The molecule has 1 aliphatic rings. The monoisotopic (exact) mass is 384 g/mol. The Hall–Kier alpha value is -3.03. The third-order valence-corrected chi connectivity index (χ3v) is 4.80. The Balaban J connectivity index is 1.51. The second-order valence-corrected chi connectivity index (χ2v) is 6.78. The number of hydrogen-bond donors (Lipinski definition) is 2. The molecule has 28 heavy (non-hydrogen) atoms. The van der Waals surface area contributed by atoms with Gasteiger partial charge in [0.2, 0.25) is 0 Å². The number of rotatable bonds is 6. The van der Waals surface area contributed by atoms with Gasteiger partial charge in [-0.3, -0.25) is 4.68 Å². The molecule has 0 radical (unpaired) electrons. The van der Waals surface area contributed by atoms with Crippen molar-refractivity contribution in [3.8, 4) is 0 Å². The summed E-state index contributed by atoms with van der Waals surface area (Å²) >= 11 is 0. The van der Waals surface area contributed by atoms with Gasteiger partial charge in [-0.15, -0.1) is 0 Å². The van der Waals surface area contributed by atoms with Crippen LogP contribution in [-0.2, 0) is 17.8 Å². The van der Waals surface area contributed by atoms with Crippen LogP contribution in [0.4, 0.5) is 4.79 Å². The molecule has 2 heterocycles. The van der Waals surface area contributed by atoms with E-state index in [1.807, 2.05) is 36.0 Å². The summed E-state index contributed by atoms with van der Waals surface area (Å²) in [5.74, 6) is 0.434. The highest BCUT2D eigenvalue weighted by molar-refractivity contribution is 5.78. The van der Waals surface area contributed by atoms with Gasteiger partial charge in [0.05, 0.1) is 19.7 Å². The third-order valence-electron chi connectivity index (χ3n) is 4.80. The molecule has 0 aliphatic carbocycles. The fraction of sp³-hybridized carbons (Fsp3) is 0.450. The summed E-state index contributed by atoms with van der Waals surface area (Å²) in [5.41, 5.74) is 8.39. The standard InChI is InChI=1S/C20H28N6O2/c1-2-28-20(27)25-12-8-18(9-13-25)24-19(21)22-14-16-6-3-4-7-17(16)15-26-11-5-10-23-26/h3-7,10-11,18H,2,8-9,12-15H2,1H3,(H3,21,22,24). The van der Waals surface area contributed by atoms with Crippen LogP contribution in [0.5, 0.6) is 0 Å². The molecule has 3 N–H and O–H groups in total. The maximum atomic E-state index is 11.8. The number of nitrogens with one attached hydrogen (secondary N) is 1. The molecule has 1 amide bonds. The lowest BCUT2D eigenvalue weighted by Gasteiger charge is -2.31. The molecular weight excluding hydrogens is 356 g/mol. The van der Waals surface area contributed by atoms with Gasteiger partial charge in [0.25, 0.3) is 0 Å². The Labute approximate surface area is 165 Å². The predicted octanol–water partition coefficient (Wildman–Crippen LogP) is 1.96. The van der Waals surface area contributed by atoms with Crippen molar-refractivity contribution >= 4 is 12.1 Å². The molecule has 1 aliphatic heterocycles. The summed E-state index contributed by atoms with van der Waals surface area (Å²) in [7, 11) is 0. The molecule has 0 bridgehead atoms. The summed E-state index contributed by atoms with van der Waals surface area (Å²) in [6.45, 7) is 4.76. The molecule has 2 aromatic rings. The number of benzene rings is 1. The van der Waals surface area contributed by atoms with E-state index in [0.717, 1.165) is 18.4 Å². The summed E-state index contributed by atoms with van der Waals surface area (Å²) in [6, 6.07) is 10.3. The highest BCUT2D eigenvalue weighted by Crippen LogP contribution is 2.13. The summed E-state index contributed by atoms with van der Waals surface area (Å²) in [5, 5.41) is 7.54. The van der Waals surface area contributed by atoms with E-state index in [1.54, 1.807) is 11.1 Å². The van der Waals surface area contributed by atoms with Crippen LogP contribution in [0.3, 0.4) is 0 Å². The zero-order valence-electron chi connectivity index (χ0n) is 16.3. The SMILES string of the molecule is CCOC(=O)N1CCC(NC(N)=NCc2ccccc2Cn2cccn2)CC1. The minimum Gasteiger partial charge on any atom is -0.450 e. The van der Waals surface area contributed by atoms with Gasteiger partial charge >= 0.3 is 6.09 Å². The minimum atomic E-state index is -0.239. The van der Waals surface area contributed by atoms with Crippen LogP contribution in [0.2, 0.25) is 0 Å². The van der Waals surface area contributed by atoms with E-state index in [1.165, 1.54) is 5.56 Å². The lowest BCUT2D eigenvalue weighted by atomic mass is 10.1. The van der Waals surface area contributed by atoms with E-state index >= 15 is 0 Å². The van der Waals surface area contributed by atoms with E-state index in [-0.39, 0.29) is 12.1 Å². The average molecular weight is 384 g/mol. The Kier molecular flexibility index (Phi) is 6.89. The fourth-order valence-electron chi connectivity index (χ4n) is 3.28. The molecule has 0 saturated carbocycles. The first-order valence-corrected chi connectivity index (χ1v) is 9.68. The van der Waals surface area contributed by atoms with Gasteiger partial charge in [-0.1, -0.05) is 24.3 Å². The highest BCUT2D eigenvalue weighted by Gasteiger charge is 2.23. The lowest BCUT2D eigenvalue weighted by Crippen LogP contribution is -2.48. The van der Waals surface area contributed by atoms with E-state index in [9.17, 15) is 4.79 Å². The van der Waals surface area contributed by atoms with Gasteiger partial charge < -0.3 is 20.7 Å². The van der Waals surface area contributed by atoms with Crippen LogP contribution in [0, 0.1) is 0 Å². The number of aliphatic imine (C=N–C) groups is 1. The molecule has 1 saturated heterocycles. The first-order valence-electron chi connectivity index (χ1n) is 9.68. The highest BCUT2D eigenvalue weighted by atomic mass is 16.6. The number of hydrogen-bond acceptors (Lipinski definition) is 4. The number of likely N-dealkylation sites (tertiary alicyclic amines) is 1. The molecule has 150 valence electrons. The molecule has 1 fully saturated rings. The van der Waals surface area contributed by atoms with Crippen LogP contribution < -0.4 is 11.1 Å². The molecule has 1 aromatic heterocycles. The zero-order valence-corrected chi connectivity index (χ0v) is 16.3. The molecular formula is C20H28N6O2. The smallest absolute Gasteiger partial charge is 0.409 e. The van der Waals surface area contributed by atoms with E-state index < -0.39 is 0 Å². The summed E-state index contributed by atoms with van der Waals surface area (Å²) in [4.78, 5) is 18.0. The van der Waals surface area contributed by atoms with Crippen molar-refractivity contribution in [2.24, 2.45) is 10.7 Å². The van der Waals surface area contributed by atoms with Crippen LogP contribution >= 0.6 is 0 Å². The Morgan fingerprint density at radius 1 is 1.29 bits per heavy atom. The summed E-state index contributed by atoms with van der Waals surface area (Å²) in [6.07, 6.45) is 5.13. The molecule has 3 rings (SSSR count). The third kappa shape index (κ3) is 5.48. The van der Waals surface area contributed by atoms with Crippen molar-refractivity contribution in [1.29, 1.82) is 0 Å². The van der Waals surface area contributed by atoms with Gasteiger partial charge in [-0.2, -0.15) is 5.10 Å². The number of guanidine groups is 1. The van der Waals surface area contributed by atoms with Crippen LogP contribution in [0.1, 0.15) is 30.9 Å². The maximum Gasteiger partial charge on any atom is 0.409 e. The average Bonchev–Trinajstić information content (AvgIpc) is 3.21. The van der Waals surface area contributed by atoms with Crippen molar-refractivity contribution in [3.05, 3.63) is 53.9 Å². The Morgan fingerprint density at radius 3 is 2.71 bits per heavy atom. The van der Waals surface area contributed by atoms with Gasteiger partial charge in [-0.25, -0.2) is 9.79 Å². The Morgan fingerprint density at radius 2 is 2.04 bits per heavy atom. The van der Waals surface area contributed by atoms with Crippen LogP contribution in [0.25, 0.3) is 0 Å². The molecule has 8 heteroatoms. The minimum absolute atomic E-state index is 0.216. The van der Waals surface area contributed by atoms with E-state index in [2.05, 4.69) is 27.5 Å². The van der Waals surface area contributed by atoms with Crippen molar-refractivity contribution in [3.63, 3.8) is 0 Å². The molecule has 8 nitrogen and oxygen atoms in total. The largest absolute Gasteiger partial charge is 0.450 e. The van der Waals surface area contributed by atoms with Crippen molar-refractivity contribution in [2.45, 2.75) is 38.9 Å². The van der Waals surface area contributed by atoms with Gasteiger partial charge in [-0.05, 0) is 37.0 Å². The summed E-state index contributed by atoms with van der Waals surface area (Å²) < 4.78 is 6.94. The van der Waals surface area contributed by atoms with Crippen molar-refractivity contribution < 1.29 is 9.53 Å². The number of aromatic nitrogens is 2. The quantitative estimate of drug-likeness (QED) is 0.586. The van der Waals surface area contributed by atoms with E-state index in [0.29, 0.717) is 38.7 Å². The number of amides is 1. The number of piperidine rings is 1. The number of carbonyl (C=O) groups excluding carboxylic acids is 1. The number of ether oxygens (including phenoxy) is 1. The van der Waals surface area contributed by atoms with Crippen molar-refractivity contribution in [1.82, 2.24) is 20.0 Å². The first-order chi connectivity index (χ1) is 13.7. The molecule has 0 spiro atoms. The normalized spacial score (nSPS) is 15.5. The molecule has 1 aromatic carbocycles. The Bertz CT molecular complexity index is 782. The second-order valence-electron chi connectivity index (χ2n) is 6.78. The fourth-order valence-corrected chi connectivity index (χ4v) is 3.28. The van der Waals surface area contributed by atoms with Crippen LogP contribution in [-0.4, -0.2) is 52.5 Å². The second kappa shape index (κ2) is 9.77. The van der Waals surface area contributed by atoms with E-state index in [4.69, 9.17) is 10.5 Å². The number of nitrogens with zero attached hydrogens (tertiary/aromatic N) is 4. The number of carbonyl (C=O) groups is 1. The van der Waals surface area contributed by atoms with Crippen LogP contribution in [0.15, 0.2) is 47.7 Å². The molecule has 0 atom stereocenters. The first kappa shape index (κ1) is 19.7. The molecule has 0 unspecified atom stereocenters.